The van der Waals surface area contributed by atoms with Crippen LogP contribution in [0.1, 0.15) is 10.5 Å². The summed E-state index contributed by atoms with van der Waals surface area (Å²) in [6.07, 6.45) is 1.02. The van der Waals surface area contributed by atoms with Gasteiger partial charge in [-0.15, -0.1) is 0 Å². The van der Waals surface area contributed by atoms with E-state index < -0.39 is 5.82 Å². The van der Waals surface area contributed by atoms with Gasteiger partial charge in [0.1, 0.15) is 11.5 Å². The lowest BCUT2D eigenvalue weighted by atomic mass is 10.3. The van der Waals surface area contributed by atoms with Crippen molar-refractivity contribution in [3.05, 3.63) is 27.3 Å². The Kier molecular flexibility index (Phi) is 2.96. The van der Waals surface area contributed by atoms with Gasteiger partial charge in [-0.2, -0.15) is 0 Å². The minimum Gasteiger partial charge on any atom is -0.354 e. The van der Waals surface area contributed by atoms with Crippen LogP contribution in [0.4, 0.5) is 4.39 Å². The standard InChI is InChI=1S/C7H6FIN2O/c1-10-7(12)6-5(9)2-4(8)3-11-6/h2-3H,1H3,(H,10,12). The fraction of sp³-hybridized carbons (Fsp3) is 0.143. The number of pyridine rings is 1. The van der Waals surface area contributed by atoms with Crippen molar-refractivity contribution in [3.63, 3.8) is 0 Å². The van der Waals surface area contributed by atoms with Gasteiger partial charge < -0.3 is 5.32 Å². The first-order valence-corrected chi connectivity index (χ1v) is 4.26. The molecule has 0 aliphatic rings. The van der Waals surface area contributed by atoms with Crippen LogP contribution in [0, 0.1) is 9.39 Å². The predicted octanol–water partition coefficient (Wildman–Crippen LogP) is 1.18. The molecule has 0 spiro atoms. The van der Waals surface area contributed by atoms with E-state index in [1.54, 1.807) is 0 Å². The minimum absolute atomic E-state index is 0.250. The van der Waals surface area contributed by atoms with Crippen LogP contribution in [0.15, 0.2) is 12.3 Å². The lowest BCUT2D eigenvalue weighted by molar-refractivity contribution is 0.0957. The largest absolute Gasteiger partial charge is 0.354 e. The lowest BCUT2D eigenvalue weighted by Gasteiger charge is -2.00. The number of hydrogen-bond donors (Lipinski definition) is 1. The Morgan fingerprint density at radius 3 is 2.92 bits per heavy atom. The molecule has 0 saturated carbocycles. The molecule has 0 radical (unpaired) electrons. The summed E-state index contributed by atoms with van der Waals surface area (Å²) in [5.74, 6) is -0.744. The Hall–Kier alpha value is -0.720. The Morgan fingerprint density at radius 1 is 1.75 bits per heavy atom. The number of amides is 1. The van der Waals surface area contributed by atoms with Crippen molar-refractivity contribution in [1.29, 1.82) is 0 Å². The fourth-order valence-corrected chi connectivity index (χ4v) is 1.38. The molecular weight excluding hydrogens is 274 g/mol. The van der Waals surface area contributed by atoms with Gasteiger partial charge in [0.2, 0.25) is 0 Å². The highest BCUT2D eigenvalue weighted by molar-refractivity contribution is 14.1. The molecule has 5 heteroatoms. The molecule has 0 atom stereocenters. The van der Waals surface area contributed by atoms with E-state index in [0.29, 0.717) is 3.57 Å². The summed E-state index contributed by atoms with van der Waals surface area (Å²) >= 11 is 1.86. The number of nitrogens with zero attached hydrogens (tertiary/aromatic N) is 1. The number of halogens is 2. The average molecular weight is 280 g/mol. The van der Waals surface area contributed by atoms with Crippen molar-refractivity contribution in [2.24, 2.45) is 0 Å². The van der Waals surface area contributed by atoms with E-state index in [4.69, 9.17) is 0 Å². The van der Waals surface area contributed by atoms with Gasteiger partial charge in [-0.1, -0.05) is 0 Å². The highest BCUT2D eigenvalue weighted by atomic mass is 127. The summed E-state index contributed by atoms with van der Waals surface area (Å²) in [5, 5.41) is 2.41. The SMILES string of the molecule is CNC(=O)c1ncc(F)cc1I. The molecule has 0 aliphatic heterocycles. The van der Waals surface area contributed by atoms with E-state index in [9.17, 15) is 9.18 Å². The van der Waals surface area contributed by atoms with E-state index in [1.807, 2.05) is 22.6 Å². The molecule has 1 N–H and O–H groups in total. The number of carbonyl (C=O) groups excluding carboxylic acids is 1. The van der Waals surface area contributed by atoms with Crippen LogP contribution in [0.3, 0.4) is 0 Å². The number of carbonyl (C=O) groups is 1. The van der Waals surface area contributed by atoms with Crippen LogP contribution in [-0.2, 0) is 0 Å². The van der Waals surface area contributed by atoms with Crippen molar-refractivity contribution in [3.8, 4) is 0 Å². The first-order valence-electron chi connectivity index (χ1n) is 3.18. The Balaban J connectivity index is 3.09. The van der Waals surface area contributed by atoms with Crippen molar-refractivity contribution in [2.75, 3.05) is 7.05 Å². The molecule has 12 heavy (non-hydrogen) atoms. The maximum Gasteiger partial charge on any atom is 0.270 e. The summed E-state index contributed by atoms with van der Waals surface area (Å²) in [4.78, 5) is 14.7. The minimum atomic E-state index is -0.438. The first-order chi connectivity index (χ1) is 5.65. The summed E-state index contributed by atoms with van der Waals surface area (Å²) in [6, 6.07) is 1.26. The van der Waals surface area contributed by atoms with E-state index in [0.717, 1.165) is 6.20 Å². The second-order valence-electron chi connectivity index (χ2n) is 2.06. The molecule has 0 saturated heterocycles. The molecule has 1 heterocycles. The average Bonchev–Trinajstić information content (AvgIpc) is 2.03. The van der Waals surface area contributed by atoms with Gasteiger partial charge in [0.15, 0.2) is 0 Å². The molecule has 1 aromatic heterocycles. The second kappa shape index (κ2) is 3.79. The number of nitrogens with one attached hydrogen (secondary N) is 1. The molecule has 64 valence electrons. The zero-order chi connectivity index (χ0) is 9.14. The summed E-state index contributed by atoms with van der Waals surface area (Å²) in [7, 11) is 1.50. The monoisotopic (exact) mass is 280 g/mol. The van der Waals surface area contributed by atoms with Gasteiger partial charge in [0, 0.05) is 10.6 Å². The van der Waals surface area contributed by atoms with Crippen molar-refractivity contribution >= 4 is 28.5 Å². The third-order valence-corrected chi connectivity index (χ3v) is 2.07. The number of hydrogen-bond acceptors (Lipinski definition) is 2. The predicted molar refractivity (Wildman–Crippen MR) is 50.3 cm³/mol. The molecule has 0 fully saturated rings. The zero-order valence-corrected chi connectivity index (χ0v) is 8.42. The summed E-state index contributed by atoms with van der Waals surface area (Å²) in [6.45, 7) is 0. The molecule has 3 nitrogen and oxygen atoms in total. The lowest BCUT2D eigenvalue weighted by Crippen LogP contribution is -2.20. The van der Waals surface area contributed by atoms with Crippen LogP contribution in [0.5, 0.6) is 0 Å². The van der Waals surface area contributed by atoms with E-state index in [1.165, 1.54) is 13.1 Å². The maximum atomic E-state index is 12.5. The van der Waals surface area contributed by atoms with Crippen molar-refractivity contribution in [2.45, 2.75) is 0 Å². The van der Waals surface area contributed by atoms with Gasteiger partial charge >= 0.3 is 0 Å². The Morgan fingerprint density at radius 2 is 2.42 bits per heavy atom. The van der Waals surface area contributed by atoms with Crippen LogP contribution in [0.25, 0.3) is 0 Å². The number of aromatic nitrogens is 1. The van der Waals surface area contributed by atoms with E-state index in [-0.39, 0.29) is 11.6 Å². The van der Waals surface area contributed by atoms with Crippen LogP contribution in [-0.4, -0.2) is 17.9 Å². The molecular formula is C7H6FIN2O. The molecule has 1 aromatic rings. The molecule has 0 aliphatic carbocycles. The van der Waals surface area contributed by atoms with Crippen LogP contribution < -0.4 is 5.32 Å². The normalized spacial score (nSPS) is 9.58. The van der Waals surface area contributed by atoms with Crippen molar-refractivity contribution < 1.29 is 9.18 Å². The van der Waals surface area contributed by atoms with Gasteiger partial charge in [-0.25, -0.2) is 9.37 Å². The van der Waals surface area contributed by atoms with Gasteiger partial charge in [0.05, 0.1) is 6.20 Å². The summed E-state index contributed by atoms with van der Waals surface area (Å²) < 4.78 is 13.0. The Labute approximate surface area is 82.5 Å². The highest BCUT2D eigenvalue weighted by Crippen LogP contribution is 2.10. The topological polar surface area (TPSA) is 42.0 Å². The van der Waals surface area contributed by atoms with Gasteiger partial charge in [-0.3, -0.25) is 4.79 Å². The number of rotatable bonds is 1. The van der Waals surface area contributed by atoms with Crippen molar-refractivity contribution in [1.82, 2.24) is 10.3 Å². The molecule has 0 bridgehead atoms. The zero-order valence-electron chi connectivity index (χ0n) is 6.27. The van der Waals surface area contributed by atoms with Crippen LogP contribution >= 0.6 is 22.6 Å². The van der Waals surface area contributed by atoms with E-state index >= 15 is 0 Å². The third kappa shape index (κ3) is 1.90. The summed E-state index contributed by atoms with van der Waals surface area (Å²) in [5.41, 5.74) is 0.250. The fourth-order valence-electron chi connectivity index (χ4n) is 0.700. The first kappa shape index (κ1) is 9.37. The van der Waals surface area contributed by atoms with Crippen LogP contribution in [0.2, 0.25) is 0 Å². The van der Waals surface area contributed by atoms with Gasteiger partial charge in [0.25, 0.3) is 5.91 Å². The quantitative estimate of drug-likeness (QED) is 0.785. The second-order valence-corrected chi connectivity index (χ2v) is 3.23. The smallest absolute Gasteiger partial charge is 0.270 e. The molecule has 1 rings (SSSR count). The maximum absolute atomic E-state index is 12.5. The molecule has 0 unspecified atom stereocenters. The highest BCUT2D eigenvalue weighted by Gasteiger charge is 2.09. The third-order valence-electron chi connectivity index (χ3n) is 1.25. The molecule has 1 amide bonds. The molecule has 0 aromatic carbocycles. The van der Waals surface area contributed by atoms with E-state index in [2.05, 4.69) is 10.3 Å². The van der Waals surface area contributed by atoms with Gasteiger partial charge in [-0.05, 0) is 28.7 Å². The Bertz CT molecular complexity index is 316.